The number of ether oxygens (including phenoxy) is 2. The van der Waals surface area contributed by atoms with Crippen molar-refractivity contribution in [2.24, 2.45) is 0 Å². The molecule has 0 fully saturated rings. The van der Waals surface area contributed by atoms with Gasteiger partial charge >= 0.3 is 0 Å². The molecule has 2 aromatic rings. The van der Waals surface area contributed by atoms with Crippen LogP contribution >= 0.6 is 15.9 Å². The number of aryl methyl sites for hydroxylation is 2. The molecule has 7 heteroatoms. The first kappa shape index (κ1) is 19.8. The highest BCUT2D eigenvalue weighted by Crippen LogP contribution is 2.21. The molecule has 0 aliphatic carbocycles. The normalized spacial score (nSPS) is 11.4. The topological polar surface area (TPSA) is 76.7 Å². The number of para-hydroxylation sites is 1. The molecule has 0 saturated carbocycles. The van der Waals surface area contributed by atoms with Gasteiger partial charge in [0.05, 0.1) is 0 Å². The van der Waals surface area contributed by atoms with Gasteiger partial charge in [0.1, 0.15) is 11.5 Å². The second-order valence-electron chi connectivity index (χ2n) is 5.76. The number of carbonyl (C=O) groups excluding carboxylic acids is 2. The third-order valence-corrected chi connectivity index (χ3v) is 4.48. The Morgan fingerprint density at radius 2 is 1.81 bits per heavy atom. The molecule has 0 aliphatic heterocycles. The van der Waals surface area contributed by atoms with E-state index >= 15 is 0 Å². The Hall–Kier alpha value is -2.54. The molecular weight excluding hydrogens is 400 g/mol. The molecule has 0 aliphatic rings. The molecule has 0 heterocycles. The molecular formula is C19H21BrN2O4. The second kappa shape index (κ2) is 9.24. The molecule has 138 valence electrons. The van der Waals surface area contributed by atoms with Crippen molar-refractivity contribution in [3.05, 3.63) is 58.1 Å². The van der Waals surface area contributed by atoms with Gasteiger partial charge in [0, 0.05) is 4.47 Å². The van der Waals surface area contributed by atoms with Gasteiger partial charge in [0.25, 0.3) is 11.8 Å². The molecule has 2 N–H and O–H groups in total. The Balaban J connectivity index is 1.76. The average Bonchev–Trinajstić information content (AvgIpc) is 2.62. The molecule has 2 rings (SSSR count). The number of rotatable bonds is 6. The van der Waals surface area contributed by atoms with Crippen LogP contribution in [0, 0.1) is 13.8 Å². The van der Waals surface area contributed by atoms with Crippen molar-refractivity contribution in [2.45, 2.75) is 26.9 Å². The molecule has 0 radical (unpaired) electrons. The molecule has 1 unspecified atom stereocenters. The van der Waals surface area contributed by atoms with Crippen molar-refractivity contribution < 1.29 is 19.1 Å². The summed E-state index contributed by atoms with van der Waals surface area (Å²) in [5.74, 6) is 0.266. The lowest BCUT2D eigenvalue weighted by Crippen LogP contribution is -2.48. The van der Waals surface area contributed by atoms with Crippen LogP contribution < -0.4 is 20.3 Å². The number of carbonyl (C=O) groups is 2. The Bertz CT molecular complexity index is 795. The molecule has 2 amide bonds. The summed E-state index contributed by atoms with van der Waals surface area (Å²) in [6.07, 6.45) is -0.758. The van der Waals surface area contributed by atoms with E-state index in [1.54, 1.807) is 19.1 Å². The summed E-state index contributed by atoms with van der Waals surface area (Å²) < 4.78 is 11.9. The summed E-state index contributed by atoms with van der Waals surface area (Å²) in [6, 6.07) is 12.8. The monoisotopic (exact) mass is 420 g/mol. The first-order chi connectivity index (χ1) is 12.4. The van der Waals surface area contributed by atoms with Crippen molar-refractivity contribution in [2.75, 3.05) is 6.61 Å². The van der Waals surface area contributed by atoms with Crippen molar-refractivity contribution in [1.29, 1.82) is 0 Å². The van der Waals surface area contributed by atoms with Crippen LogP contribution in [0.3, 0.4) is 0 Å². The standard InChI is InChI=1S/C19H21BrN2O4/c1-12-6-4-5-7-17(12)26-14(3)19(24)22-21-18(23)11-25-15-8-9-16(20)13(2)10-15/h4-10,14H,11H2,1-3H3,(H,21,23)(H,22,24). The van der Waals surface area contributed by atoms with Crippen molar-refractivity contribution in [1.82, 2.24) is 10.9 Å². The van der Waals surface area contributed by atoms with Crippen LogP contribution in [0.5, 0.6) is 11.5 Å². The second-order valence-corrected chi connectivity index (χ2v) is 6.62. The quantitative estimate of drug-likeness (QED) is 0.703. The number of benzene rings is 2. The Morgan fingerprint density at radius 1 is 1.08 bits per heavy atom. The predicted octanol–water partition coefficient (Wildman–Crippen LogP) is 3.06. The molecule has 0 bridgehead atoms. The van der Waals surface area contributed by atoms with Gasteiger partial charge in [-0.25, -0.2) is 0 Å². The minimum Gasteiger partial charge on any atom is -0.484 e. The number of halogens is 1. The van der Waals surface area contributed by atoms with Crippen LogP contribution in [0.4, 0.5) is 0 Å². The maximum absolute atomic E-state index is 12.0. The van der Waals surface area contributed by atoms with Crippen molar-refractivity contribution in [3.8, 4) is 11.5 Å². The Kier molecular flexibility index (Phi) is 7.03. The highest BCUT2D eigenvalue weighted by molar-refractivity contribution is 9.10. The number of hydrogen-bond donors (Lipinski definition) is 2. The van der Waals surface area contributed by atoms with E-state index in [4.69, 9.17) is 9.47 Å². The summed E-state index contributed by atoms with van der Waals surface area (Å²) >= 11 is 3.40. The van der Waals surface area contributed by atoms with Crippen LogP contribution in [0.25, 0.3) is 0 Å². The smallest absolute Gasteiger partial charge is 0.279 e. The van der Waals surface area contributed by atoms with Crippen molar-refractivity contribution in [3.63, 3.8) is 0 Å². The van der Waals surface area contributed by atoms with E-state index in [1.165, 1.54) is 0 Å². The summed E-state index contributed by atoms with van der Waals surface area (Å²) in [5, 5.41) is 0. The van der Waals surface area contributed by atoms with Gasteiger partial charge in [-0.15, -0.1) is 0 Å². The van der Waals surface area contributed by atoms with E-state index in [2.05, 4.69) is 26.8 Å². The van der Waals surface area contributed by atoms with Gasteiger partial charge in [0.2, 0.25) is 0 Å². The van der Waals surface area contributed by atoms with E-state index in [9.17, 15) is 9.59 Å². The zero-order chi connectivity index (χ0) is 19.1. The maximum atomic E-state index is 12.0. The summed E-state index contributed by atoms with van der Waals surface area (Å²) in [7, 11) is 0. The van der Waals surface area contributed by atoms with E-state index in [0.717, 1.165) is 15.6 Å². The lowest BCUT2D eigenvalue weighted by Gasteiger charge is -2.16. The number of hydrazine groups is 1. The zero-order valence-corrected chi connectivity index (χ0v) is 16.4. The van der Waals surface area contributed by atoms with Crippen LogP contribution in [0.15, 0.2) is 46.9 Å². The summed E-state index contributed by atoms with van der Waals surface area (Å²) in [5.41, 5.74) is 6.56. The lowest BCUT2D eigenvalue weighted by atomic mass is 10.2. The first-order valence-corrected chi connectivity index (χ1v) is 8.86. The van der Waals surface area contributed by atoms with Gasteiger partial charge in [-0.05, 0) is 56.2 Å². The maximum Gasteiger partial charge on any atom is 0.279 e. The average molecular weight is 421 g/mol. The summed E-state index contributed by atoms with van der Waals surface area (Å²) in [4.78, 5) is 23.8. The fraction of sp³-hybridized carbons (Fsp3) is 0.263. The Labute approximate surface area is 161 Å². The predicted molar refractivity (Wildman–Crippen MR) is 102 cm³/mol. The van der Waals surface area contributed by atoms with Crippen LogP contribution in [-0.4, -0.2) is 24.5 Å². The minimum atomic E-state index is -0.758. The SMILES string of the molecule is Cc1cc(OCC(=O)NNC(=O)C(C)Oc2ccccc2C)ccc1Br. The third-order valence-electron chi connectivity index (χ3n) is 3.59. The highest BCUT2D eigenvalue weighted by atomic mass is 79.9. The molecule has 0 saturated heterocycles. The molecule has 26 heavy (non-hydrogen) atoms. The van der Waals surface area contributed by atoms with Gasteiger partial charge < -0.3 is 9.47 Å². The molecule has 2 aromatic carbocycles. The number of nitrogens with one attached hydrogen (secondary N) is 2. The number of hydrogen-bond acceptors (Lipinski definition) is 4. The molecule has 1 atom stereocenters. The first-order valence-electron chi connectivity index (χ1n) is 8.06. The molecule has 0 aromatic heterocycles. The Morgan fingerprint density at radius 3 is 2.50 bits per heavy atom. The summed E-state index contributed by atoms with van der Waals surface area (Å²) in [6.45, 7) is 5.21. The number of amides is 2. The van der Waals surface area contributed by atoms with Gasteiger partial charge in [-0.3, -0.25) is 20.4 Å². The van der Waals surface area contributed by atoms with Gasteiger partial charge in [-0.2, -0.15) is 0 Å². The van der Waals surface area contributed by atoms with E-state index in [0.29, 0.717) is 11.5 Å². The largest absolute Gasteiger partial charge is 0.484 e. The molecule has 6 nitrogen and oxygen atoms in total. The van der Waals surface area contributed by atoms with Crippen molar-refractivity contribution >= 4 is 27.7 Å². The van der Waals surface area contributed by atoms with Crippen LogP contribution in [0.2, 0.25) is 0 Å². The van der Waals surface area contributed by atoms with Gasteiger partial charge in [0.15, 0.2) is 12.7 Å². The minimum absolute atomic E-state index is 0.214. The van der Waals surface area contributed by atoms with E-state index < -0.39 is 17.9 Å². The lowest BCUT2D eigenvalue weighted by molar-refractivity contribution is -0.133. The third kappa shape index (κ3) is 5.77. The van der Waals surface area contributed by atoms with Gasteiger partial charge in [-0.1, -0.05) is 34.1 Å². The van der Waals surface area contributed by atoms with E-state index in [-0.39, 0.29) is 6.61 Å². The fourth-order valence-corrected chi connectivity index (χ4v) is 2.30. The van der Waals surface area contributed by atoms with Crippen LogP contribution in [-0.2, 0) is 9.59 Å². The van der Waals surface area contributed by atoms with E-state index in [1.807, 2.05) is 44.2 Å². The fourth-order valence-electron chi connectivity index (χ4n) is 2.06. The molecule has 0 spiro atoms. The zero-order valence-electron chi connectivity index (χ0n) is 14.8. The van der Waals surface area contributed by atoms with Crippen LogP contribution in [0.1, 0.15) is 18.1 Å². The highest BCUT2D eigenvalue weighted by Gasteiger charge is 2.16.